The maximum atomic E-state index is 5.15. The maximum absolute atomic E-state index is 5.15. The van der Waals surface area contributed by atoms with E-state index >= 15 is 0 Å². The summed E-state index contributed by atoms with van der Waals surface area (Å²) < 4.78 is 0. The lowest BCUT2D eigenvalue weighted by molar-refractivity contribution is 1.04. The Balaban J connectivity index is 1.02. The quantitative estimate of drug-likeness (QED) is 0.102. The first-order chi connectivity index (χ1) is 33.1. The van der Waals surface area contributed by atoms with Crippen LogP contribution >= 0.6 is 0 Å². The van der Waals surface area contributed by atoms with Crippen LogP contribution < -0.4 is 0 Å². The van der Waals surface area contributed by atoms with Crippen molar-refractivity contribution in [1.82, 2.24) is 19.9 Å². The number of benzene rings is 9. The summed E-state index contributed by atoms with van der Waals surface area (Å²) >= 11 is 0. The largest absolute Gasteiger partial charge is 0.248 e. The van der Waals surface area contributed by atoms with Crippen molar-refractivity contribution in [2.45, 2.75) is 6.92 Å². The van der Waals surface area contributed by atoms with Crippen molar-refractivity contribution in [3.05, 3.63) is 249 Å². The lowest BCUT2D eigenvalue weighted by Gasteiger charge is -2.14. The highest BCUT2D eigenvalue weighted by Gasteiger charge is 2.17. The molecule has 0 spiro atoms. The number of hydrogen-bond donors (Lipinski definition) is 0. The van der Waals surface area contributed by atoms with Crippen LogP contribution in [0.25, 0.3) is 117 Å². The summed E-state index contributed by atoms with van der Waals surface area (Å²) in [5.74, 6) is 1.72. The number of nitrogens with zero attached hydrogens (tertiary/aromatic N) is 4. The van der Waals surface area contributed by atoms with Crippen LogP contribution in [0.5, 0.6) is 0 Å². The normalized spacial score (nSPS) is 11.7. The second kappa shape index (κ2) is 18.0. The van der Waals surface area contributed by atoms with Gasteiger partial charge in [0.1, 0.15) is 0 Å². The fourth-order valence-electron chi connectivity index (χ4n) is 9.08. The van der Waals surface area contributed by atoms with Crippen molar-refractivity contribution in [1.29, 1.82) is 0 Å². The van der Waals surface area contributed by atoms with Crippen LogP contribution in [0.3, 0.4) is 0 Å². The molecule has 0 atom stereocenters. The second-order valence-electron chi connectivity index (χ2n) is 16.7. The Kier molecular flexibility index (Phi) is 11.0. The van der Waals surface area contributed by atoms with E-state index in [1.165, 1.54) is 38.2 Å². The molecule has 11 aromatic rings. The first kappa shape index (κ1) is 40.9. The van der Waals surface area contributed by atoms with Crippen molar-refractivity contribution < 1.29 is 0 Å². The van der Waals surface area contributed by atoms with Crippen molar-refractivity contribution in [3.63, 3.8) is 0 Å². The van der Waals surface area contributed by atoms with Gasteiger partial charge in [-0.2, -0.15) is 0 Å². The van der Waals surface area contributed by atoms with Gasteiger partial charge in [-0.05, 0) is 128 Å². The molecule has 4 heteroatoms. The summed E-state index contributed by atoms with van der Waals surface area (Å²) in [6.07, 6.45) is 7.68. The highest BCUT2D eigenvalue weighted by molar-refractivity contribution is 6.14. The van der Waals surface area contributed by atoms with E-state index in [-0.39, 0.29) is 0 Å². The lowest BCUT2D eigenvalue weighted by atomic mass is 9.91. The zero-order valence-electron chi connectivity index (χ0n) is 37.0. The molecule has 67 heavy (non-hydrogen) atoms. The molecule has 0 radical (unpaired) electrons. The van der Waals surface area contributed by atoms with Gasteiger partial charge in [0.2, 0.25) is 0 Å². The van der Waals surface area contributed by atoms with E-state index in [2.05, 4.69) is 176 Å². The van der Waals surface area contributed by atoms with Crippen LogP contribution in [0.2, 0.25) is 0 Å². The number of hydrogen-bond acceptors (Lipinski definition) is 4. The van der Waals surface area contributed by atoms with E-state index in [1.807, 2.05) is 67.6 Å². The van der Waals surface area contributed by atoms with Crippen LogP contribution in [0.1, 0.15) is 12.7 Å². The Morgan fingerprint density at radius 2 is 0.910 bits per heavy atom. The molecule has 0 amide bonds. The average molecular weight is 857 g/mol. The predicted octanol–water partition coefficient (Wildman–Crippen LogP) is 16.5. The molecule has 0 N–H and O–H groups in total. The smallest absolute Gasteiger partial charge is 0.164 e. The molecule has 0 aliphatic heterocycles. The summed E-state index contributed by atoms with van der Waals surface area (Å²) in [4.78, 5) is 20.4. The third-order valence-electron chi connectivity index (χ3n) is 12.3. The Bertz CT molecular complexity index is 3730. The van der Waals surface area contributed by atoms with Crippen LogP contribution in [0.15, 0.2) is 243 Å². The molecular weight excluding hydrogens is 813 g/mol. The summed E-state index contributed by atoms with van der Waals surface area (Å²) in [5, 5.41) is 6.12. The van der Waals surface area contributed by atoms with Gasteiger partial charge >= 0.3 is 0 Å². The molecule has 11 rings (SSSR count). The van der Waals surface area contributed by atoms with Gasteiger partial charge in [-0.1, -0.05) is 189 Å². The monoisotopic (exact) mass is 856 g/mol. The molecule has 9 aromatic carbocycles. The molecule has 4 nitrogen and oxygen atoms in total. The number of allylic oxidation sites excluding steroid dienone is 5. The third-order valence-corrected chi connectivity index (χ3v) is 12.3. The first-order valence-electron chi connectivity index (χ1n) is 22.6. The van der Waals surface area contributed by atoms with Crippen molar-refractivity contribution in [2.24, 2.45) is 0 Å². The van der Waals surface area contributed by atoms with Crippen LogP contribution in [-0.2, 0) is 0 Å². The van der Waals surface area contributed by atoms with E-state index in [1.54, 1.807) is 6.08 Å². The van der Waals surface area contributed by atoms with Gasteiger partial charge < -0.3 is 0 Å². The molecule has 2 heterocycles. The number of rotatable bonds is 10. The number of pyridine rings is 1. The van der Waals surface area contributed by atoms with Crippen LogP contribution in [0, 0.1) is 0 Å². The summed E-state index contributed by atoms with van der Waals surface area (Å²) in [5.41, 5.74) is 14.5. The maximum Gasteiger partial charge on any atom is 0.164 e. The van der Waals surface area contributed by atoms with E-state index in [4.69, 9.17) is 19.9 Å². The van der Waals surface area contributed by atoms with Gasteiger partial charge in [-0.15, -0.1) is 0 Å². The van der Waals surface area contributed by atoms with Crippen molar-refractivity contribution in [3.8, 4) is 78.5 Å². The minimum atomic E-state index is 0.565. The van der Waals surface area contributed by atoms with Gasteiger partial charge in [0.15, 0.2) is 17.5 Å². The standard InChI is InChI=1S/C63H44N4/c1-3-17-43(18-4-2)61-65-62(44-20-6-5-7-21-44)67-63(66-61)54-39-52(38-53(40-54)60-34-33-42-19-9-13-32-59(42)64-60)49-27-15-25-47(36-49)45-23-14-24-46(35-45)48-26-16-28-50(37-48)58-41-51-22-8-10-29-55(51)56-30-11-12-31-57(56)58/h3-41H,1H2,2H3/b18-4-,43-17+. The molecule has 0 aliphatic rings. The highest BCUT2D eigenvalue weighted by atomic mass is 15.0. The van der Waals surface area contributed by atoms with E-state index < -0.39 is 0 Å². The fraction of sp³-hybridized carbons (Fsp3) is 0.0159. The van der Waals surface area contributed by atoms with Gasteiger partial charge in [0.25, 0.3) is 0 Å². The fourth-order valence-corrected chi connectivity index (χ4v) is 9.08. The number of fused-ring (bicyclic) bond motifs is 4. The van der Waals surface area contributed by atoms with Crippen molar-refractivity contribution in [2.75, 3.05) is 0 Å². The molecule has 0 aliphatic carbocycles. The second-order valence-corrected chi connectivity index (χ2v) is 16.7. The zero-order chi connectivity index (χ0) is 45.1. The summed E-state index contributed by atoms with van der Waals surface area (Å²) in [6, 6.07) is 75.3. The molecule has 316 valence electrons. The highest BCUT2D eigenvalue weighted by Crippen LogP contribution is 2.39. The van der Waals surface area contributed by atoms with E-state index in [0.717, 1.165) is 66.7 Å². The molecule has 0 saturated heterocycles. The summed E-state index contributed by atoms with van der Waals surface area (Å²) in [7, 11) is 0. The first-order valence-corrected chi connectivity index (χ1v) is 22.6. The summed E-state index contributed by atoms with van der Waals surface area (Å²) in [6.45, 7) is 5.96. The van der Waals surface area contributed by atoms with E-state index in [0.29, 0.717) is 17.5 Å². The Labute approximate surface area is 390 Å². The van der Waals surface area contributed by atoms with E-state index in [9.17, 15) is 0 Å². The molecule has 0 saturated carbocycles. The number of aromatic nitrogens is 4. The Morgan fingerprint density at radius 3 is 1.61 bits per heavy atom. The molecule has 2 aromatic heterocycles. The van der Waals surface area contributed by atoms with Gasteiger partial charge in [0.05, 0.1) is 11.2 Å². The number of para-hydroxylation sites is 1. The SMILES string of the molecule is C=C/C=C(\C=C/C)c1nc(-c2ccccc2)nc(-c2cc(-c3cccc(-c4cccc(-c5cccc(-c6cc7ccccc7c7ccccc67)c5)c4)c3)cc(-c3ccc4ccccc4n3)c2)n1. The van der Waals surface area contributed by atoms with Crippen molar-refractivity contribution >= 4 is 38.0 Å². The Morgan fingerprint density at radius 1 is 0.388 bits per heavy atom. The topological polar surface area (TPSA) is 51.6 Å². The van der Waals surface area contributed by atoms with Gasteiger partial charge in [-0.3, -0.25) is 0 Å². The van der Waals surface area contributed by atoms with Crippen LogP contribution in [0.4, 0.5) is 0 Å². The zero-order valence-corrected chi connectivity index (χ0v) is 37.0. The molecule has 0 fully saturated rings. The lowest BCUT2D eigenvalue weighted by Crippen LogP contribution is -2.02. The predicted molar refractivity (Wildman–Crippen MR) is 281 cm³/mol. The minimum Gasteiger partial charge on any atom is -0.248 e. The van der Waals surface area contributed by atoms with Gasteiger partial charge in [-0.25, -0.2) is 19.9 Å². The third kappa shape index (κ3) is 8.25. The minimum absolute atomic E-state index is 0.565. The molecular formula is C63H44N4. The molecule has 0 bridgehead atoms. The van der Waals surface area contributed by atoms with Gasteiger partial charge in [0, 0.05) is 27.6 Å². The molecule has 0 unspecified atom stereocenters. The van der Waals surface area contributed by atoms with Crippen LogP contribution in [-0.4, -0.2) is 19.9 Å². The Hall–Kier alpha value is -8.86. The average Bonchev–Trinajstić information content (AvgIpc) is 3.40.